The molecule has 2 aromatic heterocycles. The molecule has 49 heavy (non-hydrogen) atoms. The molecule has 0 bridgehead atoms. The SMILES string of the molecule is [Ir].[c-]1ccccc1-c1nccc2ccccc12.[c-]1ccccc1-c1nccc2ccccc12.[c-]1ccccc1C1[N-]C=Cc2ccccc21. The van der Waals surface area contributed by atoms with E-state index in [4.69, 9.17) is 0 Å². The van der Waals surface area contributed by atoms with Crippen molar-refractivity contribution in [1.29, 1.82) is 0 Å². The fourth-order valence-corrected chi connectivity index (χ4v) is 5.78. The number of benzene rings is 6. The van der Waals surface area contributed by atoms with Crippen molar-refractivity contribution in [2.24, 2.45) is 0 Å². The van der Waals surface area contributed by atoms with E-state index in [0.717, 1.165) is 28.1 Å². The van der Waals surface area contributed by atoms with Crippen molar-refractivity contribution < 1.29 is 20.1 Å². The van der Waals surface area contributed by atoms with Gasteiger partial charge >= 0.3 is 0 Å². The molecule has 239 valence electrons. The van der Waals surface area contributed by atoms with E-state index in [2.05, 4.69) is 94.2 Å². The van der Waals surface area contributed by atoms with E-state index >= 15 is 0 Å². The standard InChI is InChI=1S/C15H11N.2C15H10N.Ir/c3*1-2-7-13(8-3-1)15-14-9-5-4-6-12(14)10-11-16-15;/h1-7,9-11,15H;2*1-7,9-11H;/q-2;2*-1;. The zero-order valence-corrected chi connectivity index (χ0v) is 29.0. The number of hydrogen-bond donors (Lipinski definition) is 0. The fraction of sp³-hybridized carbons (Fsp3) is 0.0222. The van der Waals surface area contributed by atoms with E-state index < -0.39 is 0 Å². The first-order valence-electron chi connectivity index (χ1n) is 15.9. The van der Waals surface area contributed by atoms with Gasteiger partial charge in [0.05, 0.1) is 0 Å². The molecule has 0 fully saturated rings. The fourth-order valence-electron chi connectivity index (χ4n) is 5.78. The van der Waals surface area contributed by atoms with E-state index in [1.54, 1.807) is 0 Å². The van der Waals surface area contributed by atoms with Crippen molar-refractivity contribution >= 4 is 27.6 Å². The summed E-state index contributed by atoms with van der Waals surface area (Å²) in [7, 11) is 0. The number of aromatic nitrogens is 2. The molecular formula is C45H31IrN3-4. The van der Waals surface area contributed by atoms with Crippen molar-refractivity contribution in [3.63, 3.8) is 0 Å². The van der Waals surface area contributed by atoms with Gasteiger partial charge in [-0.1, -0.05) is 90.5 Å². The van der Waals surface area contributed by atoms with Crippen LogP contribution in [0.15, 0.2) is 176 Å². The number of hydrogen-bond acceptors (Lipinski definition) is 2. The maximum atomic E-state index is 4.53. The summed E-state index contributed by atoms with van der Waals surface area (Å²) in [6, 6.07) is 62.6. The summed E-state index contributed by atoms with van der Waals surface area (Å²) in [5.74, 6) is 0. The van der Waals surface area contributed by atoms with E-state index in [9.17, 15) is 0 Å². The van der Waals surface area contributed by atoms with Gasteiger partial charge in [0.1, 0.15) is 0 Å². The first kappa shape index (κ1) is 33.2. The van der Waals surface area contributed by atoms with Gasteiger partial charge in [-0.2, -0.15) is 42.1 Å². The van der Waals surface area contributed by atoms with Crippen LogP contribution in [0.2, 0.25) is 0 Å². The topological polar surface area (TPSA) is 39.9 Å². The number of nitrogens with zero attached hydrogens (tertiary/aromatic N) is 3. The maximum absolute atomic E-state index is 4.53. The predicted molar refractivity (Wildman–Crippen MR) is 198 cm³/mol. The minimum atomic E-state index is 0. The smallest absolute Gasteiger partial charge is 0.0167 e. The summed E-state index contributed by atoms with van der Waals surface area (Å²) in [6.07, 6.45) is 7.62. The second-order valence-electron chi connectivity index (χ2n) is 11.1. The summed E-state index contributed by atoms with van der Waals surface area (Å²) in [5, 5.41) is 9.30. The molecule has 3 heterocycles. The third-order valence-corrected chi connectivity index (χ3v) is 8.08. The Hall–Kier alpha value is -5.67. The molecule has 0 saturated carbocycles. The summed E-state index contributed by atoms with van der Waals surface area (Å²) < 4.78 is 0. The average Bonchev–Trinajstić information content (AvgIpc) is 3.19. The molecule has 9 rings (SSSR count). The predicted octanol–water partition coefficient (Wildman–Crippen LogP) is 11.3. The van der Waals surface area contributed by atoms with Crippen LogP contribution in [0.5, 0.6) is 0 Å². The molecule has 0 amide bonds. The summed E-state index contributed by atoms with van der Waals surface area (Å²) in [6.45, 7) is 0. The normalized spacial score (nSPS) is 12.6. The number of fused-ring (bicyclic) bond motifs is 3. The Morgan fingerprint density at radius 3 is 1.55 bits per heavy atom. The van der Waals surface area contributed by atoms with Gasteiger partial charge in [-0.15, -0.1) is 71.8 Å². The molecule has 3 nitrogen and oxygen atoms in total. The Balaban J connectivity index is 0.000000126. The van der Waals surface area contributed by atoms with Gasteiger partial charge < -0.3 is 15.3 Å². The van der Waals surface area contributed by atoms with Crippen molar-refractivity contribution in [2.45, 2.75) is 6.04 Å². The molecule has 0 N–H and O–H groups in total. The molecular weight excluding hydrogens is 775 g/mol. The van der Waals surface area contributed by atoms with Crippen LogP contribution < -0.4 is 0 Å². The molecule has 1 radical (unpaired) electrons. The van der Waals surface area contributed by atoms with Crippen LogP contribution in [0.3, 0.4) is 0 Å². The molecule has 1 aliphatic rings. The average molecular weight is 806 g/mol. The van der Waals surface area contributed by atoms with Crippen molar-refractivity contribution in [1.82, 2.24) is 9.97 Å². The first-order chi connectivity index (χ1) is 23.8. The summed E-state index contributed by atoms with van der Waals surface area (Å²) in [5.41, 5.74) is 7.71. The van der Waals surface area contributed by atoms with E-state index in [1.807, 2.05) is 122 Å². The third-order valence-electron chi connectivity index (χ3n) is 8.08. The Bertz CT molecular complexity index is 2140. The van der Waals surface area contributed by atoms with Gasteiger partial charge in [-0.05, 0) is 50.6 Å². The molecule has 0 aliphatic carbocycles. The molecule has 0 spiro atoms. The monoisotopic (exact) mass is 806 g/mol. The van der Waals surface area contributed by atoms with Gasteiger partial charge in [0.2, 0.25) is 0 Å². The first-order valence-corrected chi connectivity index (χ1v) is 15.9. The number of pyridine rings is 2. The van der Waals surface area contributed by atoms with Crippen molar-refractivity contribution in [3.8, 4) is 22.5 Å². The summed E-state index contributed by atoms with van der Waals surface area (Å²) >= 11 is 0. The molecule has 0 saturated heterocycles. The Labute approximate surface area is 301 Å². The Morgan fingerprint density at radius 2 is 1.00 bits per heavy atom. The summed E-state index contributed by atoms with van der Waals surface area (Å²) in [4.78, 5) is 8.89. The van der Waals surface area contributed by atoms with E-state index in [1.165, 1.54) is 32.7 Å². The van der Waals surface area contributed by atoms with Crippen LogP contribution in [0, 0.1) is 18.2 Å². The van der Waals surface area contributed by atoms with Crippen molar-refractivity contribution in [2.75, 3.05) is 0 Å². The van der Waals surface area contributed by atoms with Gasteiger partial charge in [0.15, 0.2) is 0 Å². The number of rotatable bonds is 3. The molecule has 8 aromatic rings. The molecule has 1 atom stereocenters. The van der Waals surface area contributed by atoms with Crippen LogP contribution in [-0.2, 0) is 20.1 Å². The zero-order valence-electron chi connectivity index (χ0n) is 26.6. The Morgan fingerprint density at radius 1 is 0.490 bits per heavy atom. The second kappa shape index (κ2) is 16.4. The maximum Gasteiger partial charge on any atom is 0.0167 e. The van der Waals surface area contributed by atoms with Gasteiger partial charge in [-0.25, -0.2) is 0 Å². The van der Waals surface area contributed by atoms with Crippen molar-refractivity contribution in [3.05, 3.63) is 217 Å². The third kappa shape index (κ3) is 7.90. The molecule has 1 aliphatic heterocycles. The molecule has 6 aromatic carbocycles. The largest absolute Gasteiger partial charge is 0.682 e. The quantitative estimate of drug-likeness (QED) is 0.167. The van der Waals surface area contributed by atoms with Crippen LogP contribution in [0.25, 0.3) is 55.5 Å². The Kier molecular flexibility index (Phi) is 11.1. The van der Waals surface area contributed by atoms with Gasteiger partial charge in [0.25, 0.3) is 0 Å². The van der Waals surface area contributed by atoms with Crippen LogP contribution >= 0.6 is 0 Å². The van der Waals surface area contributed by atoms with E-state index in [0.29, 0.717) is 0 Å². The minimum absolute atomic E-state index is 0. The minimum Gasteiger partial charge on any atom is -0.682 e. The van der Waals surface area contributed by atoms with Crippen LogP contribution in [0.4, 0.5) is 0 Å². The zero-order chi connectivity index (χ0) is 32.4. The van der Waals surface area contributed by atoms with Crippen LogP contribution in [0.1, 0.15) is 22.7 Å². The second-order valence-corrected chi connectivity index (χ2v) is 11.1. The van der Waals surface area contributed by atoms with Crippen LogP contribution in [-0.4, -0.2) is 9.97 Å². The van der Waals surface area contributed by atoms with Gasteiger partial charge in [-0.3, -0.25) is 0 Å². The van der Waals surface area contributed by atoms with E-state index in [-0.39, 0.29) is 26.1 Å². The molecule has 4 heteroatoms. The van der Waals surface area contributed by atoms with Gasteiger partial charge in [0, 0.05) is 32.5 Å². The molecule has 1 unspecified atom stereocenters.